The number of anilines is 1. The van der Waals surface area contributed by atoms with E-state index in [9.17, 15) is 9.59 Å². The molecule has 1 atom stereocenters. The van der Waals surface area contributed by atoms with Crippen molar-refractivity contribution in [2.24, 2.45) is 7.05 Å². The predicted molar refractivity (Wildman–Crippen MR) is 109 cm³/mol. The number of hydrogen-bond acceptors (Lipinski definition) is 5. The number of fused-ring (bicyclic) bond motifs is 1. The molecule has 1 aromatic heterocycles. The Morgan fingerprint density at radius 1 is 1.14 bits per heavy atom. The molecule has 4 rings (SSSR count). The second-order valence-corrected chi connectivity index (χ2v) is 7.06. The fraction of sp³-hybridized carbons (Fsp3) is 0.238. The van der Waals surface area contributed by atoms with Gasteiger partial charge >= 0.3 is 11.8 Å². The van der Waals surface area contributed by atoms with Crippen molar-refractivity contribution in [1.82, 2.24) is 25.4 Å². The molecule has 0 aliphatic carbocycles. The van der Waals surface area contributed by atoms with Crippen LogP contribution in [-0.2, 0) is 29.6 Å². The molecule has 0 spiro atoms. The van der Waals surface area contributed by atoms with Crippen molar-refractivity contribution in [1.29, 1.82) is 0 Å². The number of amides is 2. The van der Waals surface area contributed by atoms with Gasteiger partial charge in [0.25, 0.3) is 0 Å². The molecule has 0 fully saturated rings. The number of nitrogens with one attached hydrogen (secondary N) is 3. The number of aromatic nitrogens is 3. The van der Waals surface area contributed by atoms with E-state index in [4.69, 9.17) is 0 Å². The van der Waals surface area contributed by atoms with Crippen LogP contribution in [0.15, 0.2) is 54.9 Å². The molecule has 3 N–H and O–H groups in total. The highest BCUT2D eigenvalue weighted by Crippen LogP contribution is 2.20. The molecule has 29 heavy (non-hydrogen) atoms. The van der Waals surface area contributed by atoms with Gasteiger partial charge in [-0.3, -0.25) is 9.59 Å². The quantitative estimate of drug-likeness (QED) is 0.582. The summed E-state index contributed by atoms with van der Waals surface area (Å²) in [5, 5.41) is 16.6. The first kappa shape index (κ1) is 18.8. The van der Waals surface area contributed by atoms with E-state index in [1.54, 1.807) is 29.1 Å². The van der Waals surface area contributed by atoms with Crippen LogP contribution in [0.4, 0.5) is 5.69 Å². The summed E-state index contributed by atoms with van der Waals surface area (Å²) < 4.78 is 1.78. The lowest BCUT2D eigenvalue weighted by molar-refractivity contribution is -0.136. The summed E-state index contributed by atoms with van der Waals surface area (Å²) in [6, 6.07) is 15.5. The maximum atomic E-state index is 12.3. The Bertz CT molecular complexity index is 1040. The van der Waals surface area contributed by atoms with Gasteiger partial charge in [-0.1, -0.05) is 36.4 Å². The van der Waals surface area contributed by atoms with Crippen LogP contribution >= 0.6 is 0 Å². The van der Waals surface area contributed by atoms with E-state index in [1.807, 2.05) is 25.2 Å². The summed E-state index contributed by atoms with van der Waals surface area (Å²) in [6.07, 6.45) is 2.42. The molecular formula is C21H22N6O2. The first-order chi connectivity index (χ1) is 14.1. The zero-order valence-corrected chi connectivity index (χ0v) is 16.1. The van der Waals surface area contributed by atoms with Crippen molar-refractivity contribution in [2.45, 2.75) is 19.0 Å². The van der Waals surface area contributed by atoms with Crippen LogP contribution in [0, 0.1) is 0 Å². The molecule has 2 aromatic carbocycles. The highest BCUT2D eigenvalue weighted by molar-refractivity contribution is 6.39. The average Bonchev–Trinajstić information content (AvgIpc) is 3.18. The second kappa shape index (κ2) is 8.24. The Labute approximate surface area is 168 Å². The molecule has 8 heteroatoms. The molecule has 1 aliphatic rings. The van der Waals surface area contributed by atoms with Gasteiger partial charge in [0.15, 0.2) is 5.82 Å². The highest BCUT2D eigenvalue weighted by Gasteiger charge is 2.20. The van der Waals surface area contributed by atoms with Crippen molar-refractivity contribution < 1.29 is 9.59 Å². The maximum Gasteiger partial charge on any atom is 0.313 e. The normalized spacial score (nSPS) is 15.4. The SMILES string of the molecule is Cn1cnnc1-c1cccc(NC(=O)C(=O)NCC2Cc3ccccc3CN2)c1. The number of nitrogens with zero attached hydrogens (tertiary/aromatic N) is 3. The van der Waals surface area contributed by atoms with Gasteiger partial charge in [-0.15, -0.1) is 10.2 Å². The van der Waals surface area contributed by atoms with Gasteiger partial charge in [0.2, 0.25) is 0 Å². The predicted octanol–water partition coefficient (Wildman–Crippen LogP) is 1.25. The minimum atomic E-state index is -0.698. The number of aryl methyl sites for hydroxylation is 1. The van der Waals surface area contributed by atoms with Crippen LogP contribution in [-0.4, -0.2) is 39.2 Å². The zero-order valence-electron chi connectivity index (χ0n) is 16.1. The molecule has 2 heterocycles. The standard InChI is InChI=1S/C21H22N6O2/c1-27-13-24-26-19(27)15-7-4-8-17(10-15)25-21(29)20(28)23-12-18-9-14-5-2-3-6-16(14)11-22-18/h2-8,10,13,18,22H,9,11-12H2,1H3,(H,23,28)(H,25,29). The van der Waals surface area contributed by atoms with Gasteiger partial charge in [0.1, 0.15) is 6.33 Å². The van der Waals surface area contributed by atoms with E-state index >= 15 is 0 Å². The third kappa shape index (κ3) is 4.33. The fourth-order valence-electron chi connectivity index (χ4n) is 3.43. The van der Waals surface area contributed by atoms with Crippen molar-refractivity contribution >= 4 is 17.5 Å². The second-order valence-electron chi connectivity index (χ2n) is 7.06. The van der Waals surface area contributed by atoms with Crippen LogP contribution in [0.2, 0.25) is 0 Å². The minimum Gasteiger partial charge on any atom is -0.346 e. The summed E-state index contributed by atoms with van der Waals surface area (Å²) >= 11 is 0. The lowest BCUT2D eigenvalue weighted by Crippen LogP contribution is -2.46. The summed E-state index contributed by atoms with van der Waals surface area (Å²) in [5.41, 5.74) is 3.87. The molecule has 3 aromatic rings. The first-order valence-corrected chi connectivity index (χ1v) is 9.44. The molecule has 0 saturated heterocycles. The zero-order chi connectivity index (χ0) is 20.2. The smallest absolute Gasteiger partial charge is 0.313 e. The van der Waals surface area contributed by atoms with E-state index in [-0.39, 0.29) is 6.04 Å². The summed E-state index contributed by atoms with van der Waals surface area (Å²) in [4.78, 5) is 24.5. The van der Waals surface area contributed by atoms with E-state index in [0.29, 0.717) is 18.1 Å². The van der Waals surface area contributed by atoms with Crippen LogP contribution < -0.4 is 16.0 Å². The van der Waals surface area contributed by atoms with E-state index in [0.717, 1.165) is 18.5 Å². The lowest BCUT2D eigenvalue weighted by Gasteiger charge is -2.26. The summed E-state index contributed by atoms with van der Waals surface area (Å²) in [6.45, 7) is 1.15. The summed E-state index contributed by atoms with van der Waals surface area (Å²) in [7, 11) is 1.84. The van der Waals surface area contributed by atoms with Crippen molar-refractivity contribution in [2.75, 3.05) is 11.9 Å². The Balaban J connectivity index is 1.32. The van der Waals surface area contributed by atoms with E-state index in [1.165, 1.54) is 11.1 Å². The number of benzene rings is 2. The number of carbonyl (C=O) groups excluding carboxylic acids is 2. The van der Waals surface area contributed by atoms with Gasteiger partial charge in [0, 0.05) is 37.4 Å². The Morgan fingerprint density at radius 3 is 2.76 bits per heavy atom. The number of hydrogen-bond donors (Lipinski definition) is 3. The van der Waals surface area contributed by atoms with E-state index in [2.05, 4.69) is 38.3 Å². The number of rotatable bonds is 4. The van der Waals surface area contributed by atoms with Crippen LogP contribution in [0.25, 0.3) is 11.4 Å². The average molecular weight is 390 g/mol. The van der Waals surface area contributed by atoms with Crippen LogP contribution in [0.3, 0.4) is 0 Å². The van der Waals surface area contributed by atoms with Gasteiger partial charge in [-0.2, -0.15) is 0 Å². The minimum absolute atomic E-state index is 0.0980. The molecule has 2 amide bonds. The summed E-state index contributed by atoms with van der Waals surface area (Å²) in [5.74, 6) is -0.680. The monoisotopic (exact) mass is 390 g/mol. The fourth-order valence-corrected chi connectivity index (χ4v) is 3.43. The largest absolute Gasteiger partial charge is 0.346 e. The first-order valence-electron chi connectivity index (χ1n) is 9.44. The number of carbonyl (C=O) groups is 2. The molecule has 1 unspecified atom stereocenters. The third-order valence-corrected chi connectivity index (χ3v) is 4.97. The van der Waals surface area contributed by atoms with Crippen LogP contribution in [0.1, 0.15) is 11.1 Å². The topological polar surface area (TPSA) is 101 Å². The molecule has 0 radical (unpaired) electrons. The molecule has 0 bridgehead atoms. The van der Waals surface area contributed by atoms with Crippen LogP contribution in [0.5, 0.6) is 0 Å². The molecule has 148 valence electrons. The lowest BCUT2D eigenvalue weighted by atomic mass is 9.96. The maximum absolute atomic E-state index is 12.3. The molecule has 1 aliphatic heterocycles. The van der Waals surface area contributed by atoms with Gasteiger partial charge < -0.3 is 20.5 Å². The Hall–Kier alpha value is -3.52. The van der Waals surface area contributed by atoms with E-state index < -0.39 is 11.8 Å². The van der Waals surface area contributed by atoms with Gasteiger partial charge in [-0.25, -0.2) is 0 Å². The Morgan fingerprint density at radius 2 is 1.97 bits per heavy atom. The third-order valence-electron chi connectivity index (χ3n) is 4.97. The molecule has 0 saturated carbocycles. The van der Waals surface area contributed by atoms with Crippen molar-refractivity contribution in [3.63, 3.8) is 0 Å². The Kier molecular flexibility index (Phi) is 5.35. The van der Waals surface area contributed by atoms with Gasteiger partial charge in [-0.05, 0) is 29.7 Å². The van der Waals surface area contributed by atoms with Crippen molar-refractivity contribution in [3.8, 4) is 11.4 Å². The molecular weight excluding hydrogens is 368 g/mol. The molecule has 8 nitrogen and oxygen atoms in total. The van der Waals surface area contributed by atoms with Crippen molar-refractivity contribution in [3.05, 3.63) is 66.0 Å². The highest BCUT2D eigenvalue weighted by atomic mass is 16.2. The van der Waals surface area contributed by atoms with Gasteiger partial charge in [0.05, 0.1) is 0 Å².